The third-order valence-electron chi connectivity index (χ3n) is 2.90. The van der Waals surface area contributed by atoms with E-state index in [9.17, 15) is 4.79 Å². The molecule has 2 N–H and O–H groups in total. The van der Waals surface area contributed by atoms with E-state index in [0.29, 0.717) is 11.7 Å². The van der Waals surface area contributed by atoms with Gasteiger partial charge in [0.25, 0.3) is 5.91 Å². The van der Waals surface area contributed by atoms with Gasteiger partial charge in [0, 0.05) is 35.8 Å². The predicted octanol–water partition coefficient (Wildman–Crippen LogP) is 1.60. The average molecular weight is 286 g/mol. The molecule has 1 aliphatic rings. The fourth-order valence-corrected chi connectivity index (χ4v) is 2.29. The van der Waals surface area contributed by atoms with Crippen molar-refractivity contribution in [3.8, 4) is 0 Å². The summed E-state index contributed by atoms with van der Waals surface area (Å²) in [5.41, 5.74) is 0.646. The van der Waals surface area contributed by atoms with Crippen LogP contribution in [0.5, 0.6) is 0 Å². The van der Waals surface area contributed by atoms with Gasteiger partial charge in [-0.25, -0.2) is 0 Å². The molecule has 4 nitrogen and oxygen atoms in total. The standard InChI is InChI=1S/C11H16BrN3O/c1-7-6-15(8(2)4-13-7)11(16)10-3-9(12)5-14-10/h3,5,7-8,13-14H,4,6H2,1-2H3. The minimum Gasteiger partial charge on any atom is -0.356 e. The Morgan fingerprint density at radius 1 is 1.56 bits per heavy atom. The number of rotatable bonds is 1. The lowest BCUT2D eigenvalue weighted by molar-refractivity contribution is 0.0611. The number of piperazine rings is 1. The molecule has 2 heterocycles. The quantitative estimate of drug-likeness (QED) is 0.824. The third kappa shape index (κ3) is 2.30. The molecule has 1 saturated heterocycles. The van der Waals surface area contributed by atoms with E-state index in [-0.39, 0.29) is 11.9 Å². The summed E-state index contributed by atoms with van der Waals surface area (Å²) in [6, 6.07) is 2.42. The highest BCUT2D eigenvalue weighted by atomic mass is 79.9. The van der Waals surface area contributed by atoms with Crippen molar-refractivity contribution in [2.24, 2.45) is 0 Å². The molecule has 2 rings (SSSR count). The van der Waals surface area contributed by atoms with E-state index >= 15 is 0 Å². The van der Waals surface area contributed by atoms with Crippen LogP contribution in [0.25, 0.3) is 0 Å². The maximum Gasteiger partial charge on any atom is 0.270 e. The summed E-state index contributed by atoms with van der Waals surface area (Å²) in [6.45, 7) is 5.77. The van der Waals surface area contributed by atoms with Gasteiger partial charge in [0.15, 0.2) is 0 Å². The second-order valence-electron chi connectivity index (χ2n) is 4.35. The van der Waals surface area contributed by atoms with Crippen molar-refractivity contribution in [2.45, 2.75) is 25.9 Å². The molecule has 16 heavy (non-hydrogen) atoms. The van der Waals surface area contributed by atoms with Gasteiger partial charge in [-0.3, -0.25) is 4.79 Å². The van der Waals surface area contributed by atoms with Crippen LogP contribution in [0.2, 0.25) is 0 Å². The average Bonchev–Trinajstić information content (AvgIpc) is 2.67. The maximum atomic E-state index is 12.2. The summed E-state index contributed by atoms with van der Waals surface area (Å²) in [7, 11) is 0. The Hall–Kier alpha value is -0.810. The Labute approximate surface area is 104 Å². The lowest BCUT2D eigenvalue weighted by Crippen LogP contribution is -2.56. The van der Waals surface area contributed by atoms with E-state index in [1.54, 1.807) is 6.20 Å². The van der Waals surface area contributed by atoms with Crippen molar-refractivity contribution in [3.63, 3.8) is 0 Å². The Morgan fingerprint density at radius 3 is 2.94 bits per heavy atom. The Balaban J connectivity index is 2.14. The van der Waals surface area contributed by atoms with Crippen LogP contribution >= 0.6 is 15.9 Å². The maximum absolute atomic E-state index is 12.2. The van der Waals surface area contributed by atoms with E-state index < -0.39 is 0 Å². The zero-order chi connectivity index (χ0) is 11.7. The molecule has 1 fully saturated rings. The SMILES string of the molecule is CC1CN(C(=O)c2cc(Br)c[nH]2)C(C)CN1. The smallest absolute Gasteiger partial charge is 0.270 e. The highest BCUT2D eigenvalue weighted by Gasteiger charge is 2.27. The number of aromatic amines is 1. The van der Waals surface area contributed by atoms with Gasteiger partial charge < -0.3 is 15.2 Å². The molecule has 0 aromatic carbocycles. The number of nitrogens with zero attached hydrogens (tertiary/aromatic N) is 1. The van der Waals surface area contributed by atoms with Crippen molar-refractivity contribution in [1.29, 1.82) is 0 Å². The molecular weight excluding hydrogens is 270 g/mol. The molecule has 5 heteroatoms. The fraction of sp³-hybridized carbons (Fsp3) is 0.545. The summed E-state index contributed by atoms with van der Waals surface area (Å²) >= 11 is 3.34. The van der Waals surface area contributed by atoms with E-state index in [1.165, 1.54) is 0 Å². The second kappa shape index (κ2) is 4.59. The summed E-state index contributed by atoms with van der Waals surface area (Å²) in [6.07, 6.45) is 1.78. The number of H-pyrrole nitrogens is 1. The summed E-state index contributed by atoms with van der Waals surface area (Å²) in [5, 5.41) is 3.36. The molecule has 1 amide bonds. The zero-order valence-corrected chi connectivity index (χ0v) is 11.0. The van der Waals surface area contributed by atoms with Crippen LogP contribution in [0.15, 0.2) is 16.7 Å². The summed E-state index contributed by atoms with van der Waals surface area (Å²) in [4.78, 5) is 17.1. The molecule has 0 saturated carbocycles. The van der Waals surface area contributed by atoms with Crippen molar-refractivity contribution >= 4 is 21.8 Å². The number of halogens is 1. The summed E-state index contributed by atoms with van der Waals surface area (Å²) in [5.74, 6) is 0.0755. The minimum absolute atomic E-state index is 0.0755. The monoisotopic (exact) mass is 285 g/mol. The first-order valence-electron chi connectivity index (χ1n) is 5.46. The topological polar surface area (TPSA) is 48.1 Å². The van der Waals surface area contributed by atoms with Crippen LogP contribution in [0.1, 0.15) is 24.3 Å². The summed E-state index contributed by atoms with van der Waals surface area (Å²) < 4.78 is 0.909. The molecule has 2 atom stereocenters. The zero-order valence-electron chi connectivity index (χ0n) is 9.46. The highest BCUT2D eigenvalue weighted by Crippen LogP contribution is 2.15. The van der Waals surface area contributed by atoms with Crippen molar-refractivity contribution in [3.05, 3.63) is 22.4 Å². The van der Waals surface area contributed by atoms with E-state index in [4.69, 9.17) is 0 Å². The molecule has 0 aliphatic carbocycles. The molecule has 0 radical (unpaired) electrons. The lowest BCUT2D eigenvalue weighted by Gasteiger charge is -2.37. The van der Waals surface area contributed by atoms with Crippen LogP contribution in [0.4, 0.5) is 0 Å². The predicted molar refractivity (Wildman–Crippen MR) is 66.5 cm³/mol. The van der Waals surface area contributed by atoms with Crippen molar-refractivity contribution < 1.29 is 4.79 Å². The molecule has 1 aromatic rings. The second-order valence-corrected chi connectivity index (χ2v) is 5.26. The number of hydrogen-bond acceptors (Lipinski definition) is 2. The van der Waals surface area contributed by atoms with Crippen molar-refractivity contribution in [1.82, 2.24) is 15.2 Å². The van der Waals surface area contributed by atoms with Gasteiger partial charge in [-0.05, 0) is 35.8 Å². The van der Waals surface area contributed by atoms with Gasteiger partial charge in [0.2, 0.25) is 0 Å². The molecule has 0 bridgehead atoms. The molecule has 88 valence electrons. The van der Waals surface area contributed by atoms with Gasteiger partial charge in [0.1, 0.15) is 5.69 Å². The Kier molecular flexibility index (Phi) is 3.35. The van der Waals surface area contributed by atoms with E-state index in [0.717, 1.165) is 17.6 Å². The molecular formula is C11H16BrN3O. The fourth-order valence-electron chi connectivity index (χ4n) is 1.95. The van der Waals surface area contributed by atoms with E-state index in [2.05, 4.69) is 40.1 Å². The van der Waals surface area contributed by atoms with Crippen LogP contribution in [-0.4, -0.2) is 41.0 Å². The van der Waals surface area contributed by atoms with Gasteiger partial charge in [-0.2, -0.15) is 0 Å². The minimum atomic E-state index is 0.0755. The Bertz CT molecular complexity index is 390. The lowest BCUT2D eigenvalue weighted by atomic mass is 10.1. The van der Waals surface area contributed by atoms with Crippen LogP contribution in [0, 0.1) is 0 Å². The molecule has 0 spiro atoms. The van der Waals surface area contributed by atoms with Crippen LogP contribution in [0.3, 0.4) is 0 Å². The number of carbonyl (C=O) groups is 1. The van der Waals surface area contributed by atoms with Crippen LogP contribution < -0.4 is 5.32 Å². The van der Waals surface area contributed by atoms with Gasteiger partial charge >= 0.3 is 0 Å². The number of carbonyl (C=O) groups excluding carboxylic acids is 1. The highest BCUT2D eigenvalue weighted by molar-refractivity contribution is 9.10. The first-order chi connectivity index (χ1) is 7.58. The van der Waals surface area contributed by atoms with Gasteiger partial charge in [-0.1, -0.05) is 0 Å². The van der Waals surface area contributed by atoms with Gasteiger partial charge in [0.05, 0.1) is 0 Å². The number of amides is 1. The third-order valence-corrected chi connectivity index (χ3v) is 3.36. The Morgan fingerprint density at radius 2 is 2.31 bits per heavy atom. The largest absolute Gasteiger partial charge is 0.356 e. The first kappa shape index (κ1) is 11.7. The molecule has 2 unspecified atom stereocenters. The van der Waals surface area contributed by atoms with E-state index in [1.807, 2.05) is 11.0 Å². The number of aromatic nitrogens is 1. The normalized spacial score (nSPS) is 25.8. The van der Waals surface area contributed by atoms with Crippen LogP contribution in [-0.2, 0) is 0 Å². The van der Waals surface area contributed by atoms with Gasteiger partial charge in [-0.15, -0.1) is 0 Å². The van der Waals surface area contributed by atoms with Crippen molar-refractivity contribution in [2.75, 3.05) is 13.1 Å². The number of hydrogen-bond donors (Lipinski definition) is 2. The molecule has 1 aliphatic heterocycles. The first-order valence-corrected chi connectivity index (χ1v) is 6.25. The number of nitrogens with one attached hydrogen (secondary N) is 2. The molecule has 1 aromatic heterocycles.